The summed E-state index contributed by atoms with van der Waals surface area (Å²) in [6.07, 6.45) is 9.69. The molecule has 1 aromatic heterocycles. The molecule has 1 fully saturated rings. The van der Waals surface area contributed by atoms with E-state index in [1.807, 2.05) is 6.20 Å². The maximum atomic E-state index is 6.24. The molecule has 1 aliphatic carbocycles. The average molecular weight is 267 g/mol. The highest BCUT2D eigenvalue weighted by Gasteiger charge is 2.30. The van der Waals surface area contributed by atoms with E-state index in [1.54, 1.807) is 6.20 Å². The summed E-state index contributed by atoms with van der Waals surface area (Å²) >= 11 is 6.24. The first-order chi connectivity index (χ1) is 8.69. The van der Waals surface area contributed by atoms with E-state index in [1.165, 1.54) is 31.2 Å². The molecule has 0 aliphatic heterocycles. The van der Waals surface area contributed by atoms with E-state index in [0.29, 0.717) is 5.41 Å². The second-order valence-corrected chi connectivity index (χ2v) is 5.91. The van der Waals surface area contributed by atoms with Crippen LogP contribution in [0.1, 0.15) is 45.1 Å². The Labute approximate surface area is 115 Å². The second-order valence-electron chi connectivity index (χ2n) is 5.51. The van der Waals surface area contributed by atoms with Crippen LogP contribution in [-0.2, 0) is 6.42 Å². The van der Waals surface area contributed by atoms with Crippen molar-refractivity contribution in [3.8, 4) is 0 Å². The van der Waals surface area contributed by atoms with Crippen molar-refractivity contribution in [3.05, 3.63) is 29.0 Å². The molecule has 1 aromatic rings. The van der Waals surface area contributed by atoms with Crippen molar-refractivity contribution in [1.29, 1.82) is 0 Å². The van der Waals surface area contributed by atoms with E-state index in [-0.39, 0.29) is 0 Å². The highest BCUT2D eigenvalue weighted by molar-refractivity contribution is 6.31. The Bertz CT molecular complexity index is 384. The first kappa shape index (κ1) is 13.8. The van der Waals surface area contributed by atoms with Gasteiger partial charge >= 0.3 is 0 Å². The molecule has 0 aromatic carbocycles. The van der Waals surface area contributed by atoms with Gasteiger partial charge in [-0.1, -0.05) is 25.4 Å². The molecule has 1 heterocycles. The SMILES string of the molecule is CCC(CC)(CNC1CC1)Cc1ccncc1Cl. The Kier molecular flexibility index (Phi) is 4.63. The number of nitrogens with one attached hydrogen (secondary N) is 1. The molecule has 3 heteroatoms. The lowest BCUT2D eigenvalue weighted by atomic mass is 9.77. The minimum absolute atomic E-state index is 0.327. The van der Waals surface area contributed by atoms with Crippen molar-refractivity contribution >= 4 is 11.6 Å². The van der Waals surface area contributed by atoms with Gasteiger partial charge in [0.05, 0.1) is 5.02 Å². The van der Waals surface area contributed by atoms with Gasteiger partial charge in [-0.05, 0) is 49.1 Å². The van der Waals surface area contributed by atoms with Gasteiger partial charge in [0.25, 0.3) is 0 Å². The Balaban J connectivity index is 2.06. The van der Waals surface area contributed by atoms with E-state index in [9.17, 15) is 0 Å². The molecule has 1 N–H and O–H groups in total. The number of rotatable bonds is 7. The summed E-state index contributed by atoms with van der Waals surface area (Å²) < 4.78 is 0. The minimum Gasteiger partial charge on any atom is -0.313 e. The number of hydrogen-bond acceptors (Lipinski definition) is 2. The summed E-state index contributed by atoms with van der Waals surface area (Å²) in [5, 5.41) is 4.48. The third-order valence-electron chi connectivity index (χ3n) is 4.26. The molecule has 0 bridgehead atoms. The van der Waals surface area contributed by atoms with Gasteiger partial charge in [-0.15, -0.1) is 0 Å². The fraction of sp³-hybridized carbons (Fsp3) is 0.667. The van der Waals surface area contributed by atoms with Crippen molar-refractivity contribution in [2.24, 2.45) is 5.41 Å². The largest absolute Gasteiger partial charge is 0.313 e. The van der Waals surface area contributed by atoms with Crippen LogP contribution in [0, 0.1) is 5.41 Å². The lowest BCUT2D eigenvalue weighted by molar-refractivity contribution is 0.245. The summed E-state index contributed by atoms with van der Waals surface area (Å²) in [5.74, 6) is 0. The van der Waals surface area contributed by atoms with Crippen LogP contribution in [0.2, 0.25) is 5.02 Å². The Hall–Kier alpha value is -0.600. The van der Waals surface area contributed by atoms with Gasteiger partial charge in [-0.3, -0.25) is 4.98 Å². The molecule has 0 unspecified atom stereocenters. The van der Waals surface area contributed by atoms with Crippen molar-refractivity contribution in [2.45, 2.75) is 52.0 Å². The van der Waals surface area contributed by atoms with Gasteiger partial charge < -0.3 is 5.32 Å². The molecule has 2 rings (SSSR count). The Morgan fingerprint density at radius 3 is 2.67 bits per heavy atom. The quantitative estimate of drug-likeness (QED) is 0.811. The molecule has 0 radical (unpaired) electrons. The molecule has 1 aliphatic rings. The molecule has 0 saturated heterocycles. The van der Waals surface area contributed by atoms with Crippen LogP contribution in [-0.4, -0.2) is 17.6 Å². The standard InChI is InChI=1S/C15H23ClN2/c1-3-15(4-2,11-18-13-5-6-13)9-12-7-8-17-10-14(12)16/h7-8,10,13,18H,3-6,9,11H2,1-2H3. The van der Waals surface area contributed by atoms with E-state index in [2.05, 4.69) is 30.2 Å². The van der Waals surface area contributed by atoms with Crippen LogP contribution in [0.15, 0.2) is 18.5 Å². The third-order valence-corrected chi connectivity index (χ3v) is 4.61. The fourth-order valence-electron chi connectivity index (χ4n) is 2.41. The maximum Gasteiger partial charge on any atom is 0.0621 e. The van der Waals surface area contributed by atoms with Crippen molar-refractivity contribution in [2.75, 3.05) is 6.54 Å². The van der Waals surface area contributed by atoms with Gasteiger partial charge in [0.15, 0.2) is 0 Å². The number of halogens is 1. The summed E-state index contributed by atoms with van der Waals surface area (Å²) in [4.78, 5) is 4.06. The molecule has 18 heavy (non-hydrogen) atoms. The maximum absolute atomic E-state index is 6.24. The second kappa shape index (κ2) is 6.03. The highest BCUT2D eigenvalue weighted by atomic mass is 35.5. The lowest BCUT2D eigenvalue weighted by Gasteiger charge is -2.32. The van der Waals surface area contributed by atoms with Crippen molar-refractivity contribution < 1.29 is 0 Å². The topological polar surface area (TPSA) is 24.9 Å². The van der Waals surface area contributed by atoms with Crippen LogP contribution >= 0.6 is 11.6 Å². The fourth-order valence-corrected chi connectivity index (χ4v) is 2.60. The van der Waals surface area contributed by atoms with Gasteiger partial charge in [0.1, 0.15) is 0 Å². The molecule has 0 atom stereocenters. The Morgan fingerprint density at radius 2 is 2.11 bits per heavy atom. The van der Waals surface area contributed by atoms with E-state index < -0.39 is 0 Å². The van der Waals surface area contributed by atoms with Crippen molar-refractivity contribution in [3.63, 3.8) is 0 Å². The first-order valence-electron chi connectivity index (χ1n) is 7.01. The third kappa shape index (κ3) is 3.46. The van der Waals surface area contributed by atoms with E-state index in [0.717, 1.165) is 24.0 Å². The normalized spacial score (nSPS) is 15.9. The summed E-state index contributed by atoms with van der Waals surface area (Å²) in [6, 6.07) is 2.83. The van der Waals surface area contributed by atoms with Crippen LogP contribution in [0.25, 0.3) is 0 Å². The molecule has 0 amide bonds. The van der Waals surface area contributed by atoms with Gasteiger partial charge in [0.2, 0.25) is 0 Å². The summed E-state index contributed by atoms with van der Waals surface area (Å²) in [7, 11) is 0. The van der Waals surface area contributed by atoms with E-state index in [4.69, 9.17) is 11.6 Å². The van der Waals surface area contributed by atoms with Crippen LogP contribution < -0.4 is 5.32 Å². The molecule has 0 spiro atoms. The zero-order valence-corrected chi connectivity index (χ0v) is 12.1. The molecule has 100 valence electrons. The molecule has 2 nitrogen and oxygen atoms in total. The molecular weight excluding hydrogens is 244 g/mol. The van der Waals surface area contributed by atoms with Gasteiger partial charge in [0, 0.05) is 25.0 Å². The zero-order chi connectivity index (χ0) is 13.0. The monoisotopic (exact) mass is 266 g/mol. The molecular formula is C15H23ClN2. The number of pyridine rings is 1. The summed E-state index contributed by atoms with van der Waals surface area (Å²) in [6.45, 7) is 5.67. The lowest BCUT2D eigenvalue weighted by Crippen LogP contribution is -2.36. The van der Waals surface area contributed by atoms with Crippen LogP contribution in [0.3, 0.4) is 0 Å². The van der Waals surface area contributed by atoms with Crippen LogP contribution in [0.4, 0.5) is 0 Å². The highest BCUT2D eigenvalue weighted by Crippen LogP contribution is 2.33. The zero-order valence-electron chi connectivity index (χ0n) is 11.4. The predicted molar refractivity (Wildman–Crippen MR) is 77.0 cm³/mol. The smallest absolute Gasteiger partial charge is 0.0621 e. The first-order valence-corrected chi connectivity index (χ1v) is 7.38. The van der Waals surface area contributed by atoms with Gasteiger partial charge in [-0.25, -0.2) is 0 Å². The number of aromatic nitrogens is 1. The average Bonchev–Trinajstić information content (AvgIpc) is 3.21. The number of nitrogens with zero attached hydrogens (tertiary/aromatic N) is 1. The summed E-state index contributed by atoms with van der Waals surface area (Å²) in [5.41, 5.74) is 1.56. The van der Waals surface area contributed by atoms with Crippen LogP contribution in [0.5, 0.6) is 0 Å². The number of hydrogen-bond donors (Lipinski definition) is 1. The predicted octanol–water partition coefficient (Wildman–Crippen LogP) is 3.84. The minimum atomic E-state index is 0.327. The van der Waals surface area contributed by atoms with Crippen molar-refractivity contribution in [1.82, 2.24) is 10.3 Å². The van der Waals surface area contributed by atoms with E-state index >= 15 is 0 Å². The van der Waals surface area contributed by atoms with Gasteiger partial charge in [-0.2, -0.15) is 0 Å². The molecule has 1 saturated carbocycles. The Morgan fingerprint density at radius 1 is 1.39 bits per heavy atom.